The molecule has 0 heterocycles. The highest BCUT2D eigenvalue weighted by Gasteiger charge is 2.10. The van der Waals surface area contributed by atoms with Gasteiger partial charge in [-0.15, -0.1) is 0 Å². The molecule has 0 saturated heterocycles. The lowest BCUT2D eigenvalue weighted by Crippen LogP contribution is -2.17. The maximum Gasteiger partial charge on any atom is 0.271 e. The van der Waals surface area contributed by atoms with Crippen LogP contribution in [0.5, 0.6) is 5.75 Å². The van der Waals surface area contributed by atoms with E-state index >= 15 is 0 Å². The number of hydrazone groups is 1. The van der Waals surface area contributed by atoms with Crippen molar-refractivity contribution in [2.45, 2.75) is 20.0 Å². The summed E-state index contributed by atoms with van der Waals surface area (Å²) in [5, 5.41) is 14.6. The summed E-state index contributed by atoms with van der Waals surface area (Å²) in [6.45, 7) is 3.87. The van der Waals surface area contributed by atoms with Gasteiger partial charge in [0.1, 0.15) is 5.75 Å². The standard InChI is InChI=1S/C17H16BrN3O4/c1-11(2)25-16-7-6-12(8-15(16)18)10-19-20-17(22)13-4-3-5-14(9-13)21(23)24/h3-11H,1-2H3,(H,20,22)/b19-10+. The zero-order valence-electron chi connectivity index (χ0n) is 13.6. The van der Waals surface area contributed by atoms with Gasteiger partial charge in [-0.1, -0.05) is 6.07 Å². The highest BCUT2D eigenvalue weighted by Crippen LogP contribution is 2.26. The molecule has 0 radical (unpaired) electrons. The number of benzene rings is 2. The molecule has 0 aliphatic carbocycles. The predicted octanol–water partition coefficient (Wildman–Crippen LogP) is 3.91. The van der Waals surface area contributed by atoms with E-state index in [2.05, 4.69) is 26.5 Å². The highest BCUT2D eigenvalue weighted by molar-refractivity contribution is 9.10. The number of amides is 1. The monoisotopic (exact) mass is 405 g/mol. The summed E-state index contributed by atoms with van der Waals surface area (Å²) in [7, 11) is 0. The Hall–Kier alpha value is -2.74. The van der Waals surface area contributed by atoms with Gasteiger partial charge in [0.05, 0.1) is 21.7 Å². The highest BCUT2D eigenvalue weighted by atomic mass is 79.9. The van der Waals surface area contributed by atoms with E-state index in [9.17, 15) is 14.9 Å². The Labute approximate surface area is 153 Å². The van der Waals surface area contributed by atoms with Gasteiger partial charge in [-0.25, -0.2) is 5.43 Å². The van der Waals surface area contributed by atoms with E-state index in [1.54, 1.807) is 18.2 Å². The summed E-state index contributed by atoms with van der Waals surface area (Å²) in [5.74, 6) is 0.187. The van der Waals surface area contributed by atoms with Crippen LogP contribution in [0.3, 0.4) is 0 Å². The number of hydrogen-bond donors (Lipinski definition) is 1. The van der Waals surface area contributed by atoms with Crippen LogP contribution in [0.1, 0.15) is 29.8 Å². The van der Waals surface area contributed by atoms with Crippen LogP contribution in [0.25, 0.3) is 0 Å². The van der Waals surface area contributed by atoms with Gasteiger partial charge in [0.2, 0.25) is 0 Å². The van der Waals surface area contributed by atoms with Crippen molar-refractivity contribution >= 4 is 33.7 Å². The van der Waals surface area contributed by atoms with E-state index in [1.807, 2.05) is 13.8 Å². The fourth-order valence-corrected chi connectivity index (χ4v) is 2.43. The number of nitrogens with zero attached hydrogens (tertiary/aromatic N) is 2. The summed E-state index contributed by atoms with van der Waals surface area (Å²) in [6.07, 6.45) is 1.53. The lowest BCUT2D eigenvalue weighted by Gasteiger charge is -2.11. The molecule has 2 aromatic carbocycles. The lowest BCUT2D eigenvalue weighted by molar-refractivity contribution is -0.384. The summed E-state index contributed by atoms with van der Waals surface area (Å²) in [5.41, 5.74) is 3.10. The van der Waals surface area contributed by atoms with Gasteiger partial charge in [0.25, 0.3) is 11.6 Å². The molecular weight excluding hydrogens is 390 g/mol. The average Bonchev–Trinajstić information content (AvgIpc) is 2.57. The van der Waals surface area contributed by atoms with Gasteiger partial charge in [0, 0.05) is 17.7 Å². The molecule has 8 heteroatoms. The van der Waals surface area contributed by atoms with Crippen molar-refractivity contribution in [2.75, 3.05) is 0 Å². The minimum Gasteiger partial charge on any atom is -0.490 e. The van der Waals surface area contributed by atoms with Crippen molar-refractivity contribution in [1.82, 2.24) is 5.43 Å². The molecule has 2 aromatic rings. The van der Waals surface area contributed by atoms with Gasteiger partial charge in [-0.2, -0.15) is 5.10 Å². The minimum atomic E-state index is -0.557. The van der Waals surface area contributed by atoms with Crippen LogP contribution in [0.15, 0.2) is 52.0 Å². The van der Waals surface area contributed by atoms with Gasteiger partial charge >= 0.3 is 0 Å². The Kier molecular flexibility index (Phi) is 6.24. The Morgan fingerprint density at radius 1 is 1.32 bits per heavy atom. The minimum absolute atomic E-state index is 0.0602. The third kappa shape index (κ3) is 5.39. The van der Waals surface area contributed by atoms with Crippen molar-refractivity contribution in [2.24, 2.45) is 5.10 Å². The number of nitrogens with one attached hydrogen (secondary N) is 1. The van der Waals surface area contributed by atoms with E-state index in [4.69, 9.17) is 4.74 Å². The molecule has 7 nitrogen and oxygen atoms in total. The molecule has 0 atom stereocenters. The van der Waals surface area contributed by atoms with Gasteiger partial charge in [0.15, 0.2) is 0 Å². The molecule has 0 bridgehead atoms. The van der Waals surface area contributed by atoms with E-state index in [1.165, 1.54) is 30.5 Å². The number of nitro groups is 1. The van der Waals surface area contributed by atoms with Crippen LogP contribution in [0.2, 0.25) is 0 Å². The van der Waals surface area contributed by atoms with E-state index in [0.717, 1.165) is 10.0 Å². The van der Waals surface area contributed by atoms with Crippen LogP contribution in [0, 0.1) is 10.1 Å². The maximum atomic E-state index is 12.0. The molecule has 0 fully saturated rings. The second-order valence-corrected chi connectivity index (χ2v) is 6.22. The number of halogens is 1. The summed E-state index contributed by atoms with van der Waals surface area (Å²) < 4.78 is 6.39. The van der Waals surface area contributed by atoms with Gasteiger partial charge in [-0.05, 0) is 59.6 Å². The zero-order chi connectivity index (χ0) is 18.4. The average molecular weight is 406 g/mol. The Bertz CT molecular complexity index is 821. The number of nitro benzene ring substituents is 1. The predicted molar refractivity (Wildman–Crippen MR) is 98.1 cm³/mol. The molecule has 1 N–H and O–H groups in total. The van der Waals surface area contributed by atoms with Gasteiger partial charge in [-0.3, -0.25) is 14.9 Å². The fraction of sp³-hybridized carbons (Fsp3) is 0.176. The quantitative estimate of drug-likeness (QED) is 0.447. The number of non-ortho nitro benzene ring substituents is 1. The SMILES string of the molecule is CC(C)Oc1ccc(/C=N/NC(=O)c2cccc([N+](=O)[O-])c2)cc1Br. The van der Waals surface area contributed by atoms with Crippen molar-refractivity contribution in [1.29, 1.82) is 0 Å². The molecule has 0 aromatic heterocycles. The Morgan fingerprint density at radius 3 is 2.72 bits per heavy atom. The summed E-state index contributed by atoms with van der Waals surface area (Å²) in [6, 6.07) is 10.8. The van der Waals surface area contributed by atoms with Crippen LogP contribution in [-0.2, 0) is 0 Å². The molecule has 0 unspecified atom stereocenters. The molecule has 0 spiro atoms. The smallest absolute Gasteiger partial charge is 0.271 e. The molecule has 0 aliphatic heterocycles. The maximum absolute atomic E-state index is 12.0. The fourth-order valence-electron chi connectivity index (χ4n) is 1.94. The first-order valence-corrected chi connectivity index (χ1v) is 8.20. The van der Waals surface area contributed by atoms with Crippen molar-refractivity contribution in [3.8, 4) is 5.75 Å². The third-order valence-electron chi connectivity index (χ3n) is 3.02. The molecule has 130 valence electrons. The number of hydrogen-bond acceptors (Lipinski definition) is 5. The molecule has 0 saturated carbocycles. The summed E-state index contributed by atoms with van der Waals surface area (Å²) in [4.78, 5) is 22.1. The molecule has 1 amide bonds. The first-order chi connectivity index (χ1) is 11.9. The first-order valence-electron chi connectivity index (χ1n) is 7.41. The van der Waals surface area contributed by atoms with E-state index in [-0.39, 0.29) is 17.4 Å². The van der Waals surface area contributed by atoms with Crippen LogP contribution in [-0.4, -0.2) is 23.1 Å². The first kappa shape index (κ1) is 18.6. The summed E-state index contributed by atoms with van der Waals surface area (Å²) >= 11 is 3.42. The van der Waals surface area contributed by atoms with Crippen LogP contribution < -0.4 is 10.2 Å². The van der Waals surface area contributed by atoms with E-state index in [0.29, 0.717) is 5.75 Å². The number of carbonyl (C=O) groups is 1. The van der Waals surface area contributed by atoms with Crippen molar-refractivity contribution in [3.05, 3.63) is 68.2 Å². The molecule has 0 aliphatic rings. The Morgan fingerprint density at radius 2 is 2.08 bits per heavy atom. The van der Waals surface area contributed by atoms with Crippen molar-refractivity contribution < 1.29 is 14.5 Å². The number of ether oxygens (including phenoxy) is 1. The number of carbonyl (C=O) groups excluding carboxylic acids is 1. The molecule has 2 rings (SSSR count). The zero-order valence-corrected chi connectivity index (χ0v) is 15.2. The normalized spacial score (nSPS) is 10.9. The lowest BCUT2D eigenvalue weighted by atomic mass is 10.2. The Balaban J connectivity index is 2.03. The largest absolute Gasteiger partial charge is 0.490 e. The second-order valence-electron chi connectivity index (χ2n) is 5.36. The van der Waals surface area contributed by atoms with Crippen molar-refractivity contribution in [3.63, 3.8) is 0 Å². The molecule has 25 heavy (non-hydrogen) atoms. The van der Waals surface area contributed by atoms with Crippen LogP contribution in [0.4, 0.5) is 5.69 Å². The third-order valence-corrected chi connectivity index (χ3v) is 3.64. The number of rotatable bonds is 6. The van der Waals surface area contributed by atoms with E-state index < -0.39 is 10.8 Å². The van der Waals surface area contributed by atoms with Crippen LogP contribution >= 0.6 is 15.9 Å². The van der Waals surface area contributed by atoms with Gasteiger partial charge < -0.3 is 4.74 Å². The molecular formula is C17H16BrN3O4. The topological polar surface area (TPSA) is 93.8 Å². The second kappa shape index (κ2) is 8.39.